The van der Waals surface area contributed by atoms with Crippen molar-refractivity contribution >= 4 is 53.6 Å². The molecule has 0 radical (unpaired) electrons. The number of rotatable bonds is 4. The van der Waals surface area contributed by atoms with Crippen molar-refractivity contribution in [2.24, 2.45) is 0 Å². The van der Waals surface area contributed by atoms with E-state index < -0.39 is 0 Å². The Labute approximate surface area is 137 Å². The predicted molar refractivity (Wildman–Crippen MR) is 89.3 cm³/mol. The zero-order chi connectivity index (χ0) is 13.8. The molecule has 0 aromatic heterocycles. The summed E-state index contributed by atoms with van der Waals surface area (Å²) in [5, 5.41) is 0. The Hall–Kier alpha value is -0.450. The molecule has 0 aliphatic rings. The van der Waals surface area contributed by atoms with E-state index in [4.69, 9.17) is 0 Å². The van der Waals surface area contributed by atoms with Crippen molar-refractivity contribution in [3.05, 3.63) is 70.2 Å². The number of halogens is 3. The number of carbonyl (C=O) groups is 1. The summed E-state index contributed by atoms with van der Waals surface area (Å²) in [7, 11) is 0. The minimum Gasteiger partial charge on any atom is -0.293 e. The molecule has 4 heteroatoms. The van der Waals surface area contributed by atoms with Crippen LogP contribution in [0.2, 0.25) is 0 Å². The third kappa shape index (κ3) is 3.77. The average molecular weight is 447 g/mol. The first-order chi connectivity index (χ1) is 9.09. The van der Waals surface area contributed by atoms with Crippen LogP contribution < -0.4 is 0 Å². The summed E-state index contributed by atoms with van der Waals surface area (Å²) in [5.74, 6) is 0.0678. The summed E-state index contributed by atoms with van der Waals surface area (Å²) in [6, 6.07) is 17.3. The molecular weight excluding hydrogens is 436 g/mol. The Morgan fingerprint density at radius 3 is 2.05 bits per heavy atom. The third-order valence-electron chi connectivity index (χ3n) is 2.75. The molecule has 0 aliphatic carbocycles. The van der Waals surface area contributed by atoms with E-state index in [0.29, 0.717) is 5.56 Å². The van der Waals surface area contributed by atoms with Gasteiger partial charge in [-0.15, -0.1) is 0 Å². The lowest BCUT2D eigenvalue weighted by Crippen LogP contribution is -2.19. The smallest absolute Gasteiger partial charge is 0.177 e. The van der Waals surface area contributed by atoms with Crippen LogP contribution in [0, 0.1) is 0 Å². The maximum Gasteiger partial charge on any atom is 0.177 e. The van der Waals surface area contributed by atoms with E-state index in [1.807, 2.05) is 54.6 Å². The quantitative estimate of drug-likeness (QED) is 0.445. The molecule has 98 valence electrons. The van der Waals surface area contributed by atoms with E-state index in [0.717, 1.165) is 10.0 Å². The van der Waals surface area contributed by atoms with Crippen molar-refractivity contribution < 1.29 is 4.79 Å². The fourth-order valence-electron chi connectivity index (χ4n) is 1.71. The van der Waals surface area contributed by atoms with Crippen LogP contribution in [0.5, 0.6) is 0 Å². The molecule has 0 heterocycles. The Bertz CT molecular complexity index is 551. The SMILES string of the molecule is O=C(c1ccc(Br)cc1)[C@H](Br)[C@@H](Br)c1ccccc1. The number of alkyl halides is 2. The average Bonchev–Trinajstić information content (AvgIpc) is 2.46. The molecule has 2 atom stereocenters. The predicted octanol–water partition coefficient (Wildman–Crippen LogP) is 5.53. The van der Waals surface area contributed by atoms with Crippen LogP contribution in [0.25, 0.3) is 0 Å². The van der Waals surface area contributed by atoms with Gasteiger partial charge < -0.3 is 0 Å². The molecule has 0 aliphatic heterocycles. The highest BCUT2D eigenvalue weighted by Gasteiger charge is 2.25. The van der Waals surface area contributed by atoms with E-state index in [1.54, 1.807) is 0 Å². The molecule has 1 nitrogen and oxygen atoms in total. The molecule has 0 spiro atoms. The standard InChI is InChI=1S/C15H11Br3O/c16-12-8-6-11(7-9-12)15(19)14(18)13(17)10-4-2-1-3-5-10/h1-9,13-14H/t13-,14+/m0/s1. The first kappa shape index (κ1) is 14.9. The molecule has 0 unspecified atom stereocenters. The zero-order valence-electron chi connectivity index (χ0n) is 9.89. The Kier molecular flexibility index (Phi) is 5.37. The van der Waals surface area contributed by atoms with Crippen molar-refractivity contribution in [2.45, 2.75) is 9.65 Å². The summed E-state index contributed by atoms with van der Waals surface area (Å²) < 4.78 is 0.966. The number of benzene rings is 2. The minimum atomic E-state index is -0.295. The van der Waals surface area contributed by atoms with Crippen molar-refractivity contribution in [1.29, 1.82) is 0 Å². The molecule has 0 amide bonds. The fraction of sp³-hybridized carbons (Fsp3) is 0.133. The molecule has 19 heavy (non-hydrogen) atoms. The fourth-order valence-corrected chi connectivity index (χ4v) is 3.09. The molecule has 0 fully saturated rings. The second-order valence-corrected chi connectivity index (χ2v) is 6.97. The first-order valence-electron chi connectivity index (χ1n) is 5.72. The molecule has 2 aromatic carbocycles. The molecule has 2 rings (SSSR count). The first-order valence-corrected chi connectivity index (χ1v) is 8.35. The molecule has 0 saturated heterocycles. The van der Waals surface area contributed by atoms with Gasteiger partial charge in [-0.25, -0.2) is 0 Å². The summed E-state index contributed by atoms with van der Waals surface area (Å²) in [6.45, 7) is 0. The van der Waals surface area contributed by atoms with Crippen molar-refractivity contribution in [1.82, 2.24) is 0 Å². The number of hydrogen-bond donors (Lipinski definition) is 0. The minimum absolute atomic E-state index is 0.0511. The van der Waals surface area contributed by atoms with Crippen LogP contribution >= 0.6 is 47.8 Å². The van der Waals surface area contributed by atoms with Gasteiger partial charge in [0.1, 0.15) is 0 Å². The van der Waals surface area contributed by atoms with Crippen molar-refractivity contribution in [2.75, 3.05) is 0 Å². The van der Waals surface area contributed by atoms with Crippen molar-refractivity contribution in [3.8, 4) is 0 Å². The number of carbonyl (C=O) groups excluding carboxylic acids is 1. The van der Waals surface area contributed by atoms with Gasteiger partial charge in [0.2, 0.25) is 0 Å². The van der Waals surface area contributed by atoms with Gasteiger partial charge in [-0.1, -0.05) is 90.3 Å². The summed E-state index contributed by atoms with van der Waals surface area (Å²) >= 11 is 10.4. The van der Waals surface area contributed by atoms with Gasteiger partial charge in [0.05, 0.1) is 9.65 Å². The lowest BCUT2D eigenvalue weighted by Gasteiger charge is -2.16. The molecule has 0 bridgehead atoms. The highest BCUT2D eigenvalue weighted by Crippen LogP contribution is 2.33. The zero-order valence-corrected chi connectivity index (χ0v) is 14.7. The molecule has 0 N–H and O–H groups in total. The van der Waals surface area contributed by atoms with Gasteiger partial charge in [-0.2, -0.15) is 0 Å². The summed E-state index contributed by atoms with van der Waals surface area (Å²) in [6.07, 6.45) is 0. The summed E-state index contributed by atoms with van der Waals surface area (Å²) in [4.78, 5) is 12.0. The Morgan fingerprint density at radius 2 is 1.47 bits per heavy atom. The van der Waals surface area contributed by atoms with Crippen LogP contribution in [0.3, 0.4) is 0 Å². The van der Waals surface area contributed by atoms with Crippen LogP contribution in [0.4, 0.5) is 0 Å². The number of ketones is 1. The van der Waals surface area contributed by atoms with E-state index in [9.17, 15) is 4.79 Å². The lowest BCUT2D eigenvalue weighted by atomic mass is 10.0. The van der Waals surface area contributed by atoms with Crippen LogP contribution in [-0.2, 0) is 0 Å². The Balaban J connectivity index is 2.17. The van der Waals surface area contributed by atoms with Gasteiger partial charge in [-0.3, -0.25) is 4.79 Å². The second-order valence-electron chi connectivity index (χ2n) is 4.09. The highest BCUT2D eigenvalue weighted by molar-refractivity contribution is 9.12. The molecule has 2 aromatic rings. The van der Waals surface area contributed by atoms with Crippen LogP contribution in [-0.4, -0.2) is 10.6 Å². The van der Waals surface area contributed by atoms with Gasteiger partial charge in [-0.05, 0) is 17.7 Å². The van der Waals surface area contributed by atoms with E-state index in [-0.39, 0.29) is 15.4 Å². The molecule has 0 saturated carbocycles. The van der Waals surface area contributed by atoms with Crippen molar-refractivity contribution in [3.63, 3.8) is 0 Å². The maximum atomic E-state index is 12.4. The van der Waals surface area contributed by atoms with Gasteiger partial charge in [0.15, 0.2) is 5.78 Å². The molecular formula is C15H11Br3O. The normalized spacial score (nSPS) is 13.8. The van der Waals surface area contributed by atoms with E-state index in [2.05, 4.69) is 47.8 Å². The van der Waals surface area contributed by atoms with Gasteiger partial charge in [0, 0.05) is 10.0 Å². The monoisotopic (exact) mass is 444 g/mol. The maximum absolute atomic E-state index is 12.4. The third-order valence-corrected chi connectivity index (χ3v) is 5.99. The Morgan fingerprint density at radius 1 is 0.895 bits per heavy atom. The summed E-state index contributed by atoms with van der Waals surface area (Å²) in [5.41, 5.74) is 1.78. The van der Waals surface area contributed by atoms with Gasteiger partial charge in [0.25, 0.3) is 0 Å². The number of hydrogen-bond acceptors (Lipinski definition) is 1. The van der Waals surface area contributed by atoms with Gasteiger partial charge >= 0.3 is 0 Å². The highest BCUT2D eigenvalue weighted by atomic mass is 79.9. The topological polar surface area (TPSA) is 17.1 Å². The van der Waals surface area contributed by atoms with E-state index >= 15 is 0 Å². The van der Waals surface area contributed by atoms with E-state index in [1.165, 1.54) is 0 Å². The largest absolute Gasteiger partial charge is 0.293 e. The second kappa shape index (κ2) is 6.82. The van der Waals surface area contributed by atoms with Crippen LogP contribution in [0.15, 0.2) is 59.1 Å². The van der Waals surface area contributed by atoms with Crippen LogP contribution in [0.1, 0.15) is 20.7 Å². The number of Topliss-reactive ketones (excluding diaryl/α,β-unsaturated/α-hetero) is 1. The lowest BCUT2D eigenvalue weighted by molar-refractivity contribution is 0.0991.